The van der Waals surface area contributed by atoms with Crippen molar-refractivity contribution in [3.8, 4) is 0 Å². The lowest BCUT2D eigenvalue weighted by atomic mass is 9.98. The van der Waals surface area contributed by atoms with Gasteiger partial charge in [0.05, 0.1) is 0 Å². The highest BCUT2D eigenvalue weighted by atomic mass is 16.2. The fourth-order valence-corrected chi connectivity index (χ4v) is 1.98. The molecule has 1 heterocycles. The predicted molar refractivity (Wildman–Crippen MR) is 87.8 cm³/mol. The molecule has 0 spiro atoms. The summed E-state index contributed by atoms with van der Waals surface area (Å²) >= 11 is 0. The Labute approximate surface area is 126 Å². The van der Waals surface area contributed by atoms with Crippen LogP contribution in [-0.4, -0.2) is 15.7 Å². The van der Waals surface area contributed by atoms with Gasteiger partial charge < -0.3 is 11.1 Å². The molecule has 0 aromatic carbocycles. The summed E-state index contributed by atoms with van der Waals surface area (Å²) in [4.78, 5) is 24.4. The molecule has 0 aliphatic heterocycles. The second-order valence-electron chi connectivity index (χ2n) is 6.01. The number of hydrogen-bond donors (Lipinski definition) is 2. The SMILES string of the molecule is CCCCn1c(N)c(NCC(C)C(C)C)c(=O)n(C)c1=O. The van der Waals surface area contributed by atoms with Crippen LogP contribution in [0, 0.1) is 11.8 Å². The molecule has 1 aromatic rings. The van der Waals surface area contributed by atoms with Crippen LogP contribution in [0.5, 0.6) is 0 Å². The molecule has 120 valence electrons. The summed E-state index contributed by atoms with van der Waals surface area (Å²) < 4.78 is 2.60. The molecule has 21 heavy (non-hydrogen) atoms. The highest BCUT2D eigenvalue weighted by molar-refractivity contribution is 5.60. The van der Waals surface area contributed by atoms with Gasteiger partial charge in [0, 0.05) is 20.1 Å². The number of nitrogens with one attached hydrogen (secondary N) is 1. The fourth-order valence-electron chi connectivity index (χ4n) is 1.98. The third-order valence-corrected chi connectivity index (χ3v) is 4.06. The van der Waals surface area contributed by atoms with Crippen molar-refractivity contribution in [2.75, 3.05) is 17.6 Å². The minimum Gasteiger partial charge on any atom is -0.383 e. The Hall–Kier alpha value is -1.72. The average Bonchev–Trinajstić information content (AvgIpc) is 2.44. The summed E-state index contributed by atoms with van der Waals surface area (Å²) in [6.45, 7) is 9.62. The first-order valence-corrected chi connectivity index (χ1v) is 7.64. The molecule has 1 unspecified atom stereocenters. The van der Waals surface area contributed by atoms with Crippen molar-refractivity contribution in [2.24, 2.45) is 18.9 Å². The Balaban J connectivity index is 3.17. The predicted octanol–water partition coefficient (Wildman–Crippen LogP) is 1.63. The van der Waals surface area contributed by atoms with Crippen molar-refractivity contribution in [2.45, 2.75) is 47.1 Å². The maximum Gasteiger partial charge on any atom is 0.332 e. The van der Waals surface area contributed by atoms with Gasteiger partial charge in [-0.1, -0.05) is 34.1 Å². The maximum atomic E-state index is 12.2. The highest BCUT2D eigenvalue weighted by Crippen LogP contribution is 2.15. The smallest absolute Gasteiger partial charge is 0.332 e. The van der Waals surface area contributed by atoms with Gasteiger partial charge in [-0.2, -0.15) is 0 Å². The highest BCUT2D eigenvalue weighted by Gasteiger charge is 2.16. The number of hydrogen-bond acceptors (Lipinski definition) is 4. The normalized spacial score (nSPS) is 12.7. The monoisotopic (exact) mass is 296 g/mol. The average molecular weight is 296 g/mol. The van der Waals surface area contributed by atoms with Crippen LogP contribution in [0.15, 0.2) is 9.59 Å². The van der Waals surface area contributed by atoms with Crippen LogP contribution < -0.4 is 22.3 Å². The summed E-state index contributed by atoms with van der Waals surface area (Å²) in [5.41, 5.74) is 5.66. The Bertz CT molecular complexity index is 587. The van der Waals surface area contributed by atoms with E-state index in [1.165, 1.54) is 11.6 Å². The molecule has 1 rings (SSSR count). The van der Waals surface area contributed by atoms with Crippen LogP contribution in [0.25, 0.3) is 0 Å². The molecule has 0 fully saturated rings. The maximum absolute atomic E-state index is 12.2. The molecule has 0 saturated heterocycles. The number of nitrogen functional groups attached to an aromatic ring is 1. The third kappa shape index (κ3) is 3.89. The van der Waals surface area contributed by atoms with Gasteiger partial charge >= 0.3 is 5.69 Å². The molecular weight excluding hydrogens is 268 g/mol. The molecular formula is C15H28N4O2. The third-order valence-electron chi connectivity index (χ3n) is 4.06. The fraction of sp³-hybridized carbons (Fsp3) is 0.733. The van der Waals surface area contributed by atoms with E-state index in [-0.39, 0.29) is 17.1 Å². The second-order valence-corrected chi connectivity index (χ2v) is 6.01. The van der Waals surface area contributed by atoms with Crippen LogP contribution in [-0.2, 0) is 13.6 Å². The van der Waals surface area contributed by atoms with E-state index in [2.05, 4.69) is 26.1 Å². The number of unbranched alkanes of at least 4 members (excludes halogenated alkanes) is 1. The first-order valence-electron chi connectivity index (χ1n) is 7.64. The van der Waals surface area contributed by atoms with Crippen molar-refractivity contribution in [3.05, 3.63) is 20.8 Å². The van der Waals surface area contributed by atoms with Gasteiger partial charge in [-0.15, -0.1) is 0 Å². The largest absolute Gasteiger partial charge is 0.383 e. The summed E-state index contributed by atoms with van der Waals surface area (Å²) in [7, 11) is 1.49. The zero-order valence-corrected chi connectivity index (χ0v) is 13.8. The van der Waals surface area contributed by atoms with Crippen molar-refractivity contribution >= 4 is 11.5 Å². The van der Waals surface area contributed by atoms with Crippen LogP contribution in [0.3, 0.4) is 0 Å². The molecule has 0 amide bonds. The molecule has 1 atom stereocenters. The van der Waals surface area contributed by atoms with E-state index in [9.17, 15) is 9.59 Å². The molecule has 1 aromatic heterocycles. The standard InChI is InChI=1S/C15H28N4O2/c1-6-7-8-19-13(16)12(14(20)18(5)15(19)21)17-9-11(4)10(2)3/h10-11,17H,6-9,16H2,1-5H3. The molecule has 0 bridgehead atoms. The van der Waals surface area contributed by atoms with Crippen molar-refractivity contribution in [1.29, 1.82) is 0 Å². The minimum absolute atomic E-state index is 0.243. The first kappa shape index (κ1) is 17.3. The van der Waals surface area contributed by atoms with Crippen LogP contribution in [0.1, 0.15) is 40.5 Å². The van der Waals surface area contributed by atoms with E-state index in [0.717, 1.165) is 17.4 Å². The lowest BCUT2D eigenvalue weighted by Gasteiger charge is -2.19. The summed E-state index contributed by atoms with van der Waals surface area (Å²) in [5, 5.41) is 3.13. The Morgan fingerprint density at radius 2 is 1.86 bits per heavy atom. The van der Waals surface area contributed by atoms with Gasteiger partial charge in [-0.25, -0.2) is 4.79 Å². The number of rotatable bonds is 7. The molecule has 6 nitrogen and oxygen atoms in total. The van der Waals surface area contributed by atoms with Gasteiger partial charge in [0.25, 0.3) is 5.56 Å². The van der Waals surface area contributed by atoms with Gasteiger partial charge in [-0.05, 0) is 18.3 Å². The Morgan fingerprint density at radius 1 is 1.24 bits per heavy atom. The molecule has 6 heteroatoms. The molecule has 0 aliphatic rings. The number of nitrogens with zero attached hydrogens (tertiary/aromatic N) is 2. The van der Waals surface area contributed by atoms with Gasteiger partial charge in [0.2, 0.25) is 0 Å². The molecule has 0 aliphatic carbocycles. The van der Waals surface area contributed by atoms with E-state index in [0.29, 0.717) is 30.6 Å². The second kappa shape index (κ2) is 7.33. The van der Waals surface area contributed by atoms with E-state index >= 15 is 0 Å². The molecule has 3 N–H and O–H groups in total. The number of aromatic nitrogens is 2. The van der Waals surface area contributed by atoms with Gasteiger partial charge in [0.15, 0.2) is 0 Å². The quantitative estimate of drug-likeness (QED) is 0.801. The van der Waals surface area contributed by atoms with Crippen LogP contribution in [0.2, 0.25) is 0 Å². The zero-order valence-electron chi connectivity index (χ0n) is 13.8. The van der Waals surface area contributed by atoms with E-state index in [1.54, 1.807) is 0 Å². The minimum atomic E-state index is -0.360. The van der Waals surface area contributed by atoms with E-state index < -0.39 is 0 Å². The Morgan fingerprint density at radius 3 is 2.38 bits per heavy atom. The van der Waals surface area contributed by atoms with Crippen LogP contribution >= 0.6 is 0 Å². The van der Waals surface area contributed by atoms with Gasteiger partial charge in [-0.3, -0.25) is 13.9 Å². The van der Waals surface area contributed by atoms with Crippen molar-refractivity contribution in [3.63, 3.8) is 0 Å². The lowest BCUT2D eigenvalue weighted by molar-refractivity contribution is 0.439. The van der Waals surface area contributed by atoms with E-state index in [4.69, 9.17) is 5.73 Å². The van der Waals surface area contributed by atoms with Crippen molar-refractivity contribution in [1.82, 2.24) is 9.13 Å². The van der Waals surface area contributed by atoms with Crippen LogP contribution in [0.4, 0.5) is 11.5 Å². The topological polar surface area (TPSA) is 82.0 Å². The lowest BCUT2D eigenvalue weighted by Crippen LogP contribution is -2.41. The summed E-state index contributed by atoms with van der Waals surface area (Å²) in [6, 6.07) is 0. The Kier molecular flexibility index (Phi) is 6.05. The van der Waals surface area contributed by atoms with Crippen molar-refractivity contribution < 1.29 is 0 Å². The summed E-state index contributed by atoms with van der Waals surface area (Å²) in [6.07, 6.45) is 1.81. The number of anilines is 2. The van der Waals surface area contributed by atoms with E-state index in [1.807, 2.05) is 6.92 Å². The van der Waals surface area contributed by atoms with Gasteiger partial charge in [0.1, 0.15) is 11.5 Å². The zero-order chi connectivity index (χ0) is 16.2. The molecule has 0 radical (unpaired) electrons. The number of nitrogens with two attached hydrogens (primary N) is 1. The summed E-state index contributed by atoms with van der Waals surface area (Å²) in [5.74, 6) is 1.16. The first-order chi connectivity index (χ1) is 9.81. The molecule has 0 saturated carbocycles.